The zero-order valence-corrected chi connectivity index (χ0v) is 26.1. The van der Waals surface area contributed by atoms with Gasteiger partial charge in [0.25, 0.3) is 0 Å². The second-order valence-electron chi connectivity index (χ2n) is 9.98. The van der Waals surface area contributed by atoms with Gasteiger partial charge in [0, 0.05) is 49.5 Å². The summed E-state index contributed by atoms with van der Waals surface area (Å²) in [6.07, 6.45) is 4.67. The smallest absolute Gasteiger partial charge is 0.247 e. The maximum atomic E-state index is 12.8. The van der Waals surface area contributed by atoms with Gasteiger partial charge >= 0.3 is 0 Å². The first-order valence-electron chi connectivity index (χ1n) is 14.0. The molecule has 0 unspecified atom stereocenters. The Morgan fingerprint density at radius 2 is 1.69 bits per heavy atom. The van der Waals surface area contributed by atoms with Crippen molar-refractivity contribution in [1.82, 2.24) is 14.9 Å². The largest absolute Gasteiger partial charge is 0.493 e. The second kappa shape index (κ2) is 16.0. The highest BCUT2D eigenvalue weighted by atomic mass is 35.5. The maximum Gasteiger partial charge on any atom is 0.247 e. The molecule has 0 radical (unpaired) electrons. The fourth-order valence-electron chi connectivity index (χ4n) is 4.38. The third kappa shape index (κ3) is 8.84. The molecule has 1 saturated heterocycles. The van der Waals surface area contributed by atoms with E-state index in [2.05, 4.69) is 16.9 Å². The molecule has 0 atom stereocenters. The average Bonchev–Trinajstić information content (AvgIpc) is 3.00. The van der Waals surface area contributed by atoms with Crippen molar-refractivity contribution in [3.8, 4) is 17.4 Å². The summed E-state index contributed by atoms with van der Waals surface area (Å²) in [5.74, 6) is 1.88. The molecular formula is C32H41ClN4O5. The Balaban J connectivity index is 0.000000274. The lowest BCUT2D eigenvalue weighted by Crippen LogP contribution is -2.39. The van der Waals surface area contributed by atoms with E-state index < -0.39 is 0 Å². The van der Waals surface area contributed by atoms with Gasteiger partial charge in [-0.3, -0.25) is 4.79 Å². The van der Waals surface area contributed by atoms with Gasteiger partial charge in [0.2, 0.25) is 17.7 Å². The normalized spacial score (nSPS) is 13.2. The molecule has 9 nitrogen and oxygen atoms in total. The first-order valence-corrected chi connectivity index (χ1v) is 14.4. The minimum absolute atomic E-state index is 0.0435. The van der Waals surface area contributed by atoms with Crippen LogP contribution in [0.4, 0.5) is 5.95 Å². The second-order valence-corrected chi connectivity index (χ2v) is 10.4. The molecule has 2 heterocycles. The van der Waals surface area contributed by atoms with Crippen LogP contribution in [0.5, 0.6) is 17.4 Å². The van der Waals surface area contributed by atoms with Gasteiger partial charge in [0.15, 0.2) is 11.5 Å². The number of unbranched alkanes of at least 4 members (excludes halogenated alkanes) is 1. The Morgan fingerprint density at radius 1 is 1.05 bits per heavy atom. The Hall–Kier alpha value is -3.82. The number of carbonyl (C=O) groups excluding carboxylic acids is 1. The topological polar surface area (TPSA) is 97.3 Å². The van der Waals surface area contributed by atoms with E-state index in [4.69, 9.17) is 25.8 Å². The number of aromatic hydroxyl groups is 1. The molecular weight excluding hydrogens is 556 g/mol. The summed E-state index contributed by atoms with van der Waals surface area (Å²) >= 11 is 6.03. The molecule has 1 fully saturated rings. The summed E-state index contributed by atoms with van der Waals surface area (Å²) in [5.41, 5.74) is 4.30. The number of benzene rings is 2. The van der Waals surface area contributed by atoms with E-state index in [-0.39, 0.29) is 11.8 Å². The zero-order chi connectivity index (χ0) is 30.6. The number of aromatic nitrogens is 2. The molecule has 1 aliphatic heterocycles. The number of carbonyl (C=O) groups is 1. The number of morpholine rings is 1. The summed E-state index contributed by atoms with van der Waals surface area (Å²) in [6, 6.07) is 13.0. The van der Waals surface area contributed by atoms with Gasteiger partial charge in [-0.15, -0.1) is 0 Å². The Bertz CT molecular complexity index is 1330. The molecule has 4 rings (SSSR count). The van der Waals surface area contributed by atoms with Crippen molar-refractivity contribution in [3.05, 3.63) is 75.9 Å². The van der Waals surface area contributed by atoms with Crippen LogP contribution < -0.4 is 14.4 Å². The summed E-state index contributed by atoms with van der Waals surface area (Å²) in [7, 11) is 6.90. The van der Waals surface area contributed by atoms with Crippen molar-refractivity contribution in [2.75, 3.05) is 59.5 Å². The number of methoxy groups -OCH3 is 2. The number of nitrogens with zero attached hydrogens (tertiary/aromatic N) is 4. The standard InChI is InChI=1S/C21H22ClNO4.C11H19N3O/c1-25-19-8-5-16(13-20(19)26-2)18(15-3-6-17(22)7-4-15)14-21(24)23-9-11-27-12-10-23;1-5-6-7-9-8(2)12-11(14(3)4)13-10(9)15/h3-8,13-14H,9-12H2,1-2H3;5-7H2,1-4H3,(H,12,13,15)/b18-14+;. The van der Waals surface area contributed by atoms with Gasteiger partial charge in [-0.2, -0.15) is 4.98 Å². The van der Waals surface area contributed by atoms with Gasteiger partial charge < -0.3 is 29.1 Å². The molecule has 10 heteroatoms. The number of halogens is 1. The highest BCUT2D eigenvalue weighted by molar-refractivity contribution is 6.30. The number of hydrogen-bond donors (Lipinski definition) is 1. The van der Waals surface area contributed by atoms with Crippen molar-refractivity contribution in [2.24, 2.45) is 0 Å². The van der Waals surface area contributed by atoms with Crippen molar-refractivity contribution in [2.45, 2.75) is 33.1 Å². The Kier molecular flexibility index (Phi) is 12.4. The highest BCUT2D eigenvalue weighted by Gasteiger charge is 2.18. The van der Waals surface area contributed by atoms with Gasteiger partial charge in [-0.1, -0.05) is 43.1 Å². The monoisotopic (exact) mass is 596 g/mol. The third-order valence-electron chi connectivity index (χ3n) is 6.80. The predicted octanol–water partition coefficient (Wildman–Crippen LogP) is 5.55. The van der Waals surface area contributed by atoms with E-state index in [1.807, 2.05) is 63.5 Å². The fourth-order valence-corrected chi connectivity index (χ4v) is 4.50. The molecule has 1 aliphatic rings. The van der Waals surface area contributed by atoms with E-state index in [9.17, 15) is 9.90 Å². The quantitative estimate of drug-likeness (QED) is 0.321. The van der Waals surface area contributed by atoms with E-state index in [1.165, 1.54) is 0 Å². The van der Waals surface area contributed by atoms with Crippen LogP contribution in [0.1, 0.15) is 42.1 Å². The minimum atomic E-state index is -0.0435. The van der Waals surface area contributed by atoms with Crippen LogP contribution >= 0.6 is 11.6 Å². The van der Waals surface area contributed by atoms with Crippen molar-refractivity contribution < 1.29 is 24.1 Å². The lowest BCUT2D eigenvalue weighted by Gasteiger charge is -2.26. The zero-order valence-electron chi connectivity index (χ0n) is 25.3. The number of rotatable bonds is 9. The van der Waals surface area contributed by atoms with Crippen LogP contribution in [0.2, 0.25) is 5.02 Å². The fraction of sp³-hybridized carbons (Fsp3) is 0.406. The van der Waals surface area contributed by atoms with Gasteiger partial charge in [0.1, 0.15) is 0 Å². The van der Waals surface area contributed by atoms with Crippen LogP contribution in [-0.4, -0.2) is 80.5 Å². The number of hydrogen-bond acceptors (Lipinski definition) is 8. The summed E-state index contributed by atoms with van der Waals surface area (Å²) in [4.78, 5) is 24.8. The van der Waals surface area contributed by atoms with Crippen molar-refractivity contribution in [1.29, 1.82) is 0 Å². The van der Waals surface area contributed by atoms with E-state index in [1.54, 1.807) is 30.1 Å². The van der Waals surface area contributed by atoms with Crippen LogP contribution in [0.3, 0.4) is 0 Å². The average molecular weight is 597 g/mol. The first-order chi connectivity index (χ1) is 20.2. The maximum absolute atomic E-state index is 12.8. The minimum Gasteiger partial charge on any atom is -0.493 e. The molecule has 2 aromatic carbocycles. The molecule has 0 aliphatic carbocycles. The molecule has 1 aromatic heterocycles. The number of anilines is 1. The molecule has 226 valence electrons. The number of ether oxygens (including phenoxy) is 3. The lowest BCUT2D eigenvalue weighted by molar-refractivity contribution is -0.129. The van der Waals surface area contributed by atoms with Crippen LogP contribution in [0, 0.1) is 6.92 Å². The summed E-state index contributed by atoms with van der Waals surface area (Å²) < 4.78 is 16.1. The van der Waals surface area contributed by atoms with Gasteiger partial charge in [-0.25, -0.2) is 4.98 Å². The number of aryl methyl sites for hydroxylation is 1. The van der Waals surface area contributed by atoms with Crippen molar-refractivity contribution in [3.63, 3.8) is 0 Å². The van der Waals surface area contributed by atoms with Crippen LogP contribution in [-0.2, 0) is 16.0 Å². The first kappa shape index (κ1) is 32.7. The Morgan fingerprint density at radius 3 is 2.26 bits per heavy atom. The molecule has 0 saturated carbocycles. The van der Waals surface area contributed by atoms with E-state index in [0.29, 0.717) is 48.8 Å². The molecule has 0 spiro atoms. The van der Waals surface area contributed by atoms with Gasteiger partial charge in [0.05, 0.1) is 27.4 Å². The predicted molar refractivity (Wildman–Crippen MR) is 167 cm³/mol. The molecule has 1 amide bonds. The van der Waals surface area contributed by atoms with Gasteiger partial charge in [-0.05, 0) is 60.7 Å². The third-order valence-corrected chi connectivity index (χ3v) is 7.05. The Labute approximate surface area is 253 Å². The molecule has 0 bridgehead atoms. The van der Waals surface area contributed by atoms with Crippen molar-refractivity contribution >= 4 is 29.0 Å². The summed E-state index contributed by atoms with van der Waals surface area (Å²) in [5, 5.41) is 10.4. The van der Waals surface area contributed by atoms with E-state index >= 15 is 0 Å². The number of amides is 1. The highest BCUT2D eigenvalue weighted by Crippen LogP contribution is 2.33. The summed E-state index contributed by atoms with van der Waals surface area (Å²) in [6.45, 7) is 6.35. The molecule has 1 N–H and O–H groups in total. The van der Waals surface area contributed by atoms with Crippen LogP contribution in [0.15, 0.2) is 48.5 Å². The van der Waals surface area contributed by atoms with E-state index in [0.717, 1.165) is 47.2 Å². The van der Waals surface area contributed by atoms with Crippen LogP contribution in [0.25, 0.3) is 5.57 Å². The molecule has 3 aromatic rings. The lowest BCUT2D eigenvalue weighted by atomic mass is 9.96. The SMILES string of the molecule is CCCCc1c(C)nc(N(C)C)nc1O.COc1ccc(/C(=C/C(=O)N2CCOCC2)c2ccc(Cl)cc2)cc1OC. The molecule has 42 heavy (non-hydrogen) atoms.